The maximum absolute atomic E-state index is 4.09. The van der Waals surface area contributed by atoms with Crippen molar-refractivity contribution in [3.63, 3.8) is 0 Å². The third-order valence-electron chi connectivity index (χ3n) is 1.81. The van der Waals surface area contributed by atoms with Crippen molar-refractivity contribution in [2.45, 2.75) is 0 Å². The summed E-state index contributed by atoms with van der Waals surface area (Å²) in [6, 6.07) is 3.72. The largest absolute Gasteiger partial charge is 0.236 e. The van der Waals surface area contributed by atoms with Gasteiger partial charge in [-0.05, 0) is 22.6 Å². The monoisotopic (exact) mass is 172 g/mol. The molecule has 3 aromatic heterocycles. The molecular formula is C7H4N6. The van der Waals surface area contributed by atoms with Crippen molar-refractivity contribution >= 4 is 16.7 Å². The van der Waals surface area contributed by atoms with Gasteiger partial charge in [-0.15, -0.1) is 5.10 Å². The van der Waals surface area contributed by atoms with E-state index in [1.807, 2.05) is 12.1 Å². The van der Waals surface area contributed by atoms with Crippen molar-refractivity contribution in [1.82, 2.24) is 30.0 Å². The fourth-order valence-corrected chi connectivity index (χ4v) is 1.23. The molecule has 0 saturated heterocycles. The van der Waals surface area contributed by atoms with Gasteiger partial charge in [-0.25, -0.2) is 9.97 Å². The van der Waals surface area contributed by atoms with Crippen LogP contribution in [0, 0.1) is 0 Å². The minimum absolute atomic E-state index is 0.657. The second-order valence-corrected chi connectivity index (χ2v) is 2.57. The molecule has 0 aromatic carbocycles. The Morgan fingerprint density at radius 3 is 3.23 bits per heavy atom. The zero-order chi connectivity index (χ0) is 8.67. The topological polar surface area (TPSA) is 68.9 Å². The Balaban J connectivity index is 2.65. The first kappa shape index (κ1) is 6.41. The standard InChI is InChI=1S/C7H4N6/c1-2-5-6(8-3-1)9-4-13-7(5)10-11-12-13/h1-4H. The van der Waals surface area contributed by atoms with E-state index in [0.29, 0.717) is 11.3 Å². The lowest BCUT2D eigenvalue weighted by Gasteiger charge is -1.94. The number of nitrogens with zero attached hydrogens (tertiary/aromatic N) is 6. The number of hydrogen-bond acceptors (Lipinski definition) is 5. The van der Waals surface area contributed by atoms with Crippen LogP contribution >= 0.6 is 0 Å². The minimum Gasteiger partial charge on any atom is -0.236 e. The highest BCUT2D eigenvalue weighted by molar-refractivity contribution is 5.87. The van der Waals surface area contributed by atoms with Gasteiger partial charge in [-0.1, -0.05) is 0 Å². The van der Waals surface area contributed by atoms with Crippen molar-refractivity contribution in [2.75, 3.05) is 0 Å². The van der Waals surface area contributed by atoms with Crippen LogP contribution in [0.3, 0.4) is 0 Å². The molecule has 6 nitrogen and oxygen atoms in total. The Bertz CT molecular complexity index is 571. The molecule has 0 bridgehead atoms. The lowest BCUT2D eigenvalue weighted by molar-refractivity contribution is 0.812. The van der Waals surface area contributed by atoms with Crippen molar-refractivity contribution in [2.24, 2.45) is 0 Å². The van der Waals surface area contributed by atoms with Gasteiger partial charge < -0.3 is 0 Å². The number of rotatable bonds is 0. The molecule has 0 aliphatic heterocycles. The molecule has 3 heterocycles. The molecule has 0 N–H and O–H groups in total. The van der Waals surface area contributed by atoms with Gasteiger partial charge in [-0.3, -0.25) is 0 Å². The van der Waals surface area contributed by atoms with Gasteiger partial charge in [-0.2, -0.15) is 4.52 Å². The second kappa shape index (κ2) is 2.19. The normalized spacial score (nSPS) is 11.1. The summed E-state index contributed by atoms with van der Waals surface area (Å²) in [5.74, 6) is 0. The summed E-state index contributed by atoms with van der Waals surface area (Å²) >= 11 is 0. The van der Waals surface area contributed by atoms with Crippen LogP contribution in [0.2, 0.25) is 0 Å². The van der Waals surface area contributed by atoms with Crippen molar-refractivity contribution in [3.8, 4) is 0 Å². The van der Waals surface area contributed by atoms with Gasteiger partial charge in [0.1, 0.15) is 6.33 Å². The Hall–Kier alpha value is -2.11. The van der Waals surface area contributed by atoms with Crippen LogP contribution in [0.25, 0.3) is 16.7 Å². The van der Waals surface area contributed by atoms with Crippen LogP contribution in [0.15, 0.2) is 24.7 Å². The third-order valence-corrected chi connectivity index (χ3v) is 1.81. The number of tetrazole rings is 1. The molecular weight excluding hydrogens is 168 g/mol. The first-order valence-corrected chi connectivity index (χ1v) is 3.72. The number of hydrogen-bond donors (Lipinski definition) is 0. The van der Waals surface area contributed by atoms with Crippen molar-refractivity contribution in [3.05, 3.63) is 24.7 Å². The van der Waals surface area contributed by atoms with Crippen LogP contribution in [-0.2, 0) is 0 Å². The fraction of sp³-hybridized carbons (Fsp3) is 0. The highest BCUT2D eigenvalue weighted by Gasteiger charge is 2.03. The predicted molar refractivity (Wildman–Crippen MR) is 43.9 cm³/mol. The lowest BCUT2D eigenvalue weighted by Crippen LogP contribution is -1.92. The molecule has 0 amide bonds. The van der Waals surface area contributed by atoms with E-state index < -0.39 is 0 Å². The van der Waals surface area contributed by atoms with Crippen LogP contribution in [0.4, 0.5) is 0 Å². The second-order valence-electron chi connectivity index (χ2n) is 2.57. The van der Waals surface area contributed by atoms with E-state index in [0.717, 1.165) is 5.39 Å². The molecule has 0 unspecified atom stereocenters. The Morgan fingerprint density at radius 1 is 1.23 bits per heavy atom. The highest BCUT2D eigenvalue weighted by Crippen LogP contribution is 2.11. The molecule has 6 heteroatoms. The molecule has 13 heavy (non-hydrogen) atoms. The molecule has 0 spiro atoms. The Labute approximate surface area is 72.2 Å². The zero-order valence-electron chi connectivity index (χ0n) is 6.49. The molecule has 62 valence electrons. The van der Waals surface area contributed by atoms with Gasteiger partial charge in [0.2, 0.25) is 0 Å². The Morgan fingerprint density at radius 2 is 2.23 bits per heavy atom. The summed E-state index contributed by atoms with van der Waals surface area (Å²) in [5, 5.41) is 12.0. The summed E-state index contributed by atoms with van der Waals surface area (Å²) < 4.78 is 1.52. The quantitative estimate of drug-likeness (QED) is 0.480. The van der Waals surface area contributed by atoms with E-state index in [-0.39, 0.29) is 0 Å². The molecule has 3 rings (SSSR count). The van der Waals surface area contributed by atoms with E-state index >= 15 is 0 Å². The van der Waals surface area contributed by atoms with Gasteiger partial charge >= 0.3 is 0 Å². The Kier molecular flexibility index (Phi) is 1.08. The SMILES string of the molecule is c1cnc2ncn3nnnc3c2c1. The first-order chi connectivity index (χ1) is 6.45. The maximum Gasteiger partial charge on any atom is 0.192 e. The van der Waals surface area contributed by atoms with Crippen LogP contribution in [-0.4, -0.2) is 30.0 Å². The minimum atomic E-state index is 0.657. The third kappa shape index (κ3) is 0.792. The molecule has 0 radical (unpaired) electrons. The van der Waals surface area contributed by atoms with Crippen LogP contribution in [0.1, 0.15) is 0 Å². The van der Waals surface area contributed by atoms with Crippen molar-refractivity contribution < 1.29 is 0 Å². The first-order valence-electron chi connectivity index (χ1n) is 3.72. The molecule has 0 aliphatic rings. The van der Waals surface area contributed by atoms with E-state index in [1.165, 1.54) is 4.52 Å². The lowest BCUT2D eigenvalue weighted by atomic mass is 10.3. The van der Waals surface area contributed by atoms with Gasteiger partial charge in [0.25, 0.3) is 0 Å². The molecule has 0 fully saturated rings. The van der Waals surface area contributed by atoms with Gasteiger partial charge in [0, 0.05) is 6.20 Å². The molecule has 0 aliphatic carbocycles. The summed E-state index contributed by atoms with van der Waals surface area (Å²) in [6.45, 7) is 0. The highest BCUT2D eigenvalue weighted by atomic mass is 15.5. The fourth-order valence-electron chi connectivity index (χ4n) is 1.23. The van der Waals surface area contributed by atoms with E-state index in [2.05, 4.69) is 25.5 Å². The predicted octanol–water partition coefficient (Wildman–Crippen LogP) is 0.0675. The van der Waals surface area contributed by atoms with Crippen molar-refractivity contribution in [1.29, 1.82) is 0 Å². The molecule has 0 atom stereocenters. The van der Waals surface area contributed by atoms with Crippen LogP contribution < -0.4 is 0 Å². The summed E-state index contributed by atoms with van der Waals surface area (Å²) in [4.78, 5) is 8.18. The summed E-state index contributed by atoms with van der Waals surface area (Å²) in [6.07, 6.45) is 3.24. The number of pyridine rings is 1. The molecule has 0 saturated carbocycles. The average Bonchev–Trinajstić information content (AvgIpc) is 2.65. The van der Waals surface area contributed by atoms with Gasteiger partial charge in [0.05, 0.1) is 5.39 Å². The summed E-state index contributed by atoms with van der Waals surface area (Å²) in [5.41, 5.74) is 1.34. The van der Waals surface area contributed by atoms with E-state index in [9.17, 15) is 0 Å². The number of fused-ring (bicyclic) bond motifs is 3. The molecule has 3 aromatic rings. The maximum atomic E-state index is 4.09. The van der Waals surface area contributed by atoms with E-state index in [4.69, 9.17) is 0 Å². The van der Waals surface area contributed by atoms with Gasteiger partial charge in [0.15, 0.2) is 11.3 Å². The van der Waals surface area contributed by atoms with Crippen LogP contribution in [0.5, 0.6) is 0 Å². The number of aromatic nitrogens is 6. The summed E-state index contributed by atoms with van der Waals surface area (Å²) in [7, 11) is 0. The smallest absolute Gasteiger partial charge is 0.192 e. The van der Waals surface area contributed by atoms with E-state index in [1.54, 1.807) is 12.5 Å². The zero-order valence-corrected chi connectivity index (χ0v) is 6.49. The average molecular weight is 172 g/mol.